The van der Waals surface area contributed by atoms with Crippen LogP contribution in [0.4, 0.5) is 0 Å². The minimum atomic E-state index is -3.24. The Bertz CT molecular complexity index is 1720. The Hall–Kier alpha value is -3.09. The second-order valence-electron chi connectivity index (χ2n) is 10.8. The van der Waals surface area contributed by atoms with E-state index >= 15 is 0 Å². The molecule has 1 unspecified atom stereocenters. The molecule has 3 aromatic rings. The number of rotatable bonds is 10. The third kappa shape index (κ3) is 6.60. The number of nitrogens with zero attached hydrogens (tertiary/aromatic N) is 3. The first-order chi connectivity index (χ1) is 19.9. The fraction of sp³-hybridized carbons (Fsp3) is 0.367. The summed E-state index contributed by atoms with van der Waals surface area (Å²) in [5.74, 6) is -0.205. The van der Waals surface area contributed by atoms with Gasteiger partial charge in [-0.3, -0.25) is 9.36 Å². The van der Waals surface area contributed by atoms with E-state index in [1.807, 2.05) is 25.1 Å². The molecule has 42 heavy (non-hydrogen) atoms. The average Bonchev–Trinajstić information content (AvgIpc) is 3.53. The second kappa shape index (κ2) is 12.3. The Labute approximate surface area is 255 Å². The van der Waals surface area contributed by atoms with Gasteiger partial charge in [-0.25, -0.2) is 13.4 Å². The third-order valence-electron chi connectivity index (χ3n) is 7.61. The summed E-state index contributed by atoms with van der Waals surface area (Å²) in [6, 6.07) is 11.2. The molecular formula is C30H33ClN4O5S2. The van der Waals surface area contributed by atoms with E-state index < -0.39 is 28.0 Å². The van der Waals surface area contributed by atoms with Gasteiger partial charge in [0, 0.05) is 23.6 Å². The number of likely N-dealkylation sites (N-methyl/N-ethyl adjacent to an activating group) is 1. The van der Waals surface area contributed by atoms with Gasteiger partial charge in [-0.2, -0.15) is 0 Å². The molecule has 1 aliphatic carbocycles. The number of allylic oxidation sites excluding steroid dienone is 2. The van der Waals surface area contributed by atoms with Gasteiger partial charge in [0.2, 0.25) is 5.91 Å². The van der Waals surface area contributed by atoms with Gasteiger partial charge in [0.15, 0.2) is 9.84 Å². The molecule has 0 saturated carbocycles. The van der Waals surface area contributed by atoms with Crippen LogP contribution in [0.3, 0.4) is 0 Å². The maximum atomic E-state index is 12.4. The molecule has 1 saturated heterocycles. The van der Waals surface area contributed by atoms with Crippen molar-refractivity contribution in [1.82, 2.24) is 14.5 Å². The van der Waals surface area contributed by atoms with Crippen LogP contribution in [0.5, 0.6) is 5.75 Å². The molecule has 5 rings (SSSR count). The van der Waals surface area contributed by atoms with Crippen molar-refractivity contribution in [3.05, 3.63) is 76.6 Å². The highest BCUT2D eigenvalue weighted by atomic mass is 35.5. The first kappa shape index (κ1) is 30.4. The number of amides is 1. The van der Waals surface area contributed by atoms with Crippen LogP contribution in [0.2, 0.25) is 5.02 Å². The predicted molar refractivity (Wildman–Crippen MR) is 168 cm³/mol. The van der Waals surface area contributed by atoms with Gasteiger partial charge in [-0.05, 0) is 69.3 Å². The number of fused-ring (bicyclic) bond motifs is 1. The van der Waals surface area contributed by atoms with Crippen LogP contribution in [-0.4, -0.2) is 72.2 Å². The molecule has 9 nitrogen and oxygen atoms in total. The normalized spacial score (nSPS) is 20.4. The van der Waals surface area contributed by atoms with Gasteiger partial charge in [0.05, 0.1) is 38.4 Å². The molecule has 2 N–H and O–H groups in total. The molecule has 12 heteroatoms. The zero-order valence-electron chi connectivity index (χ0n) is 23.6. The monoisotopic (exact) mass is 628 g/mol. The number of carbonyl (C=O) groups is 1. The van der Waals surface area contributed by atoms with Crippen LogP contribution < -0.4 is 10.5 Å². The number of thiocarbonyl (C=S) groups is 1. The number of benzene rings is 2. The van der Waals surface area contributed by atoms with Gasteiger partial charge < -0.3 is 20.1 Å². The van der Waals surface area contributed by atoms with Crippen molar-refractivity contribution in [2.24, 2.45) is 5.73 Å². The topological polar surface area (TPSA) is 117 Å². The summed E-state index contributed by atoms with van der Waals surface area (Å²) >= 11 is 12.4. The number of primary amides is 1. The van der Waals surface area contributed by atoms with Crippen molar-refractivity contribution >= 4 is 61.2 Å². The van der Waals surface area contributed by atoms with E-state index in [0.29, 0.717) is 45.7 Å². The Kier molecular flexibility index (Phi) is 8.86. The zero-order chi connectivity index (χ0) is 30.2. The number of hydrogen-bond donors (Lipinski definition) is 1. The summed E-state index contributed by atoms with van der Waals surface area (Å²) in [7, 11) is -1.14. The van der Waals surface area contributed by atoms with Gasteiger partial charge in [0.1, 0.15) is 24.8 Å². The zero-order valence-corrected chi connectivity index (χ0v) is 26.0. The van der Waals surface area contributed by atoms with Crippen LogP contribution in [0, 0.1) is 0 Å². The van der Waals surface area contributed by atoms with Gasteiger partial charge in [-0.15, -0.1) is 0 Å². The summed E-state index contributed by atoms with van der Waals surface area (Å²) in [4.78, 5) is 19.4. The van der Waals surface area contributed by atoms with E-state index in [4.69, 9.17) is 39.0 Å². The van der Waals surface area contributed by atoms with Crippen LogP contribution in [0.1, 0.15) is 37.0 Å². The van der Waals surface area contributed by atoms with E-state index in [-0.39, 0.29) is 16.2 Å². The van der Waals surface area contributed by atoms with E-state index in [9.17, 15) is 13.2 Å². The maximum Gasteiger partial charge on any atom is 0.250 e. The fourth-order valence-electron chi connectivity index (χ4n) is 5.37. The Morgan fingerprint density at radius 2 is 2.07 bits per heavy atom. The molecule has 2 aliphatic rings. The SMILES string of the molecule is C[C@@H](OC1C=C(n2cnc3ccc(CS(C)(=O)=O)cc32)C=C(C(N)=O)C1=S)c1cccc(OC[C@H]2CCCN2C)c1Cl. The van der Waals surface area contributed by atoms with Crippen LogP contribution >= 0.6 is 23.8 Å². The molecular weight excluding hydrogens is 596 g/mol. The van der Waals surface area contributed by atoms with Crippen LogP contribution in [0.15, 0.2) is 60.5 Å². The number of ether oxygens (including phenoxy) is 2. The van der Waals surface area contributed by atoms with Crippen molar-refractivity contribution < 1.29 is 22.7 Å². The number of likely N-dealkylation sites (tertiary alicyclic amines) is 1. The Morgan fingerprint density at radius 3 is 2.76 bits per heavy atom. The van der Waals surface area contributed by atoms with Crippen molar-refractivity contribution in [3.63, 3.8) is 0 Å². The van der Waals surface area contributed by atoms with E-state index in [1.54, 1.807) is 41.2 Å². The number of sulfone groups is 1. The Balaban J connectivity index is 1.42. The summed E-state index contributed by atoms with van der Waals surface area (Å²) in [5, 5.41) is 0.459. The highest BCUT2D eigenvalue weighted by Gasteiger charge is 2.29. The molecule has 1 aromatic heterocycles. The predicted octanol–water partition coefficient (Wildman–Crippen LogP) is 4.49. The average molecular weight is 629 g/mol. The summed E-state index contributed by atoms with van der Waals surface area (Å²) in [6.45, 7) is 3.46. The molecule has 0 radical (unpaired) electrons. The number of hydrogen-bond acceptors (Lipinski definition) is 8. The summed E-state index contributed by atoms with van der Waals surface area (Å²) < 4.78 is 38.0. The first-order valence-electron chi connectivity index (χ1n) is 13.6. The lowest BCUT2D eigenvalue weighted by Crippen LogP contribution is -2.32. The quantitative estimate of drug-likeness (QED) is 0.327. The fourth-order valence-corrected chi connectivity index (χ4v) is 6.77. The first-order valence-corrected chi connectivity index (χ1v) is 16.4. The van der Waals surface area contributed by atoms with Crippen LogP contribution in [0.25, 0.3) is 16.7 Å². The second-order valence-corrected chi connectivity index (χ2v) is 13.8. The van der Waals surface area contributed by atoms with E-state index in [1.165, 1.54) is 6.26 Å². The van der Waals surface area contributed by atoms with Crippen molar-refractivity contribution in [3.8, 4) is 5.75 Å². The number of carbonyl (C=O) groups excluding carboxylic acids is 1. The van der Waals surface area contributed by atoms with Gasteiger partial charge >= 0.3 is 0 Å². The highest BCUT2D eigenvalue weighted by Crippen LogP contribution is 2.36. The molecule has 1 fully saturated rings. The van der Waals surface area contributed by atoms with Crippen molar-refractivity contribution in [1.29, 1.82) is 0 Å². The molecule has 1 aliphatic heterocycles. The highest BCUT2D eigenvalue weighted by molar-refractivity contribution is 7.89. The molecule has 2 heterocycles. The van der Waals surface area contributed by atoms with Gasteiger partial charge in [-0.1, -0.05) is 42.0 Å². The molecule has 2 aromatic carbocycles. The summed E-state index contributed by atoms with van der Waals surface area (Å²) in [6.07, 6.45) is 7.13. The lowest BCUT2D eigenvalue weighted by molar-refractivity contribution is -0.114. The molecule has 0 spiro atoms. The van der Waals surface area contributed by atoms with E-state index in [0.717, 1.165) is 24.9 Å². The van der Waals surface area contributed by atoms with Crippen molar-refractivity contribution in [2.75, 3.05) is 26.5 Å². The van der Waals surface area contributed by atoms with E-state index in [2.05, 4.69) is 16.9 Å². The third-order valence-corrected chi connectivity index (χ3v) is 9.32. The van der Waals surface area contributed by atoms with Crippen LogP contribution in [-0.2, 0) is 25.1 Å². The Morgan fingerprint density at radius 1 is 1.29 bits per heavy atom. The van der Waals surface area contributed by atoms with Crippen molar-refractivity contribution in [2.45, 2.75) is 43.8 Å². The smallest absolute Gasteiger partial charge is 0.250 e. The summed E-state index contributed by atoms with van der Waals surface area (Å²) in [5.41, 5.74) is 9.10. The molecule has 1 amide bonds. The number of imidazole rings is 1. The number of aromatic nitrogens is 2. The van der Waals surface area contributed by atoms with Gasteiger partial charge in [0.25, 0.3) is 0 Å². The lowest BCUT2D eigenvalue weighted by Gasteiger charge is -2.27. The molecule has 222 valence electrons. The number of halogens is 1. The molecule has 3 atom stereocenters. The largest absolute Gasteiger partial charge is 0.490 e. The maximum absolute atomic E-state index is 12.4. The number of nitrogens with two attached hydrogens (primary N) is 1. The molecule has 0 bridgehead atoms. The standard InChI is InChI=1S/C30H33ClN4O5S2/c1-18(22-7-4-8-26(28(22)31)39-15-20-6-5-11-34(20)2)40-27-14-21(13-23(29(27)41)30(32)36)35-17-33-24-10-9-19(12-25(24)35)16-42(3,37)38/h4,7-10,12-14,17-18,20,27H,5-6,11,15-16H2,1-3H3,(H2,32,36)/t18-,20-,27?/m1/s1. The lowest BCUT2D eigenvalue weighted by atomic mass is 9.98. The minimum absolute atomic E-state index is 0.107. The minimum Gasteiger partial charge on any atom is -0.490 e.